The molecule has 80 valence electrons. The van der Waals surface area contributed by atoms with Crippen molar-refractivity contribution in [1.82, 2.24) is 10.2 Å². The number of nitrogens with zero attached hydrogens (tertiary/aromatic N) is 1. The van der Waals surface area contributed by atoms with E-state index in [9.17, 15) is 5.11 Å². The van der Waals surface area contributed by atoms with E-state index in [1.54, 1.807) is 0 Å². The molecule has 1 saturated heterocycles. The van der Waals surface area contributed by atoms with E-state index in [4.69, 9.17) is 0 Å². The average molecular weight is 204 g/mol. The number of aliphatic hydroxyl groups excluding tert-OH is 1. The van der Waals surface area contributed by atoms with Crippen LogP contribution < -0.4 is 5.32 Å². The standard InChI is InChI=1S/C12H16N2O/c15-12-6-13-5-11(12)14-7-9-3-1-2-4-10(9)8-14/h1-4,11-13,15H,5-8H2. The fourth-order valence-corrected chi connectivity index (χ4v) is 2.62. The van der Waals surface area contributed by atoms with Gasteiger partial charge in [-0.2, -0.15) is 0 Å². The van der Waals surface area contributed by atoms with Crippen LogP contribution in [0, 0.1) is 0 Å². The van der Waals surface area contributed by atoms with Crippen molar-refractivity contribution in [2.24, 2.45) is 0 Å². The third-order valence-electron chi connectivity index (χ3n) is 3.49. The summed E-state index contributed by atoms with van der Waals surface area (Å²) in [6, 6.07) is 8.84. The van der Waals surface area contributed by atoms with Crippen LogP contribution in [0.15, 0.2) is 24.3 Å². The van der Waals surface area contributed by atoms with Crippen molar-refractivity contribution in [3.8, 4) is 0 Å². The molecule has 3 rings (SSSR count). The Morgan fingerprint density at radius 2 is 1.80 bits per heavy atom. The van der Waals surface area contributed by atoms with Crippen LogP contribution in [0.1, 0.15) is 11.1 Å². The number of rotatable bonds is 1. The molecule has 1 aromatic carbocycles. The summed E-state index contributed by atoms with van der Waals surface area (Å²) in [7, 11) is 0. The Morgan fingerprint density at radius 1 is 1.13 bits per heavy atom. The second kappa shape index (κ2) is 3.59. The normalized spacial score (nSPS) is 30.7. The molecule has 15 heavy (non-hydrogen) atoms. The Hall–Kier alpha value is -0.900. The van der Waals surface area contributed by atoms with E-state index in [1.807, 2.05) is 0 Å². The van der Waals surface area contributed by atoms with Crippen molar-refractivity contribution < 1.29 is 5.11 Å². The minimum atomic E-state index is -0.209. The van der Waals surface area contributed by atoms with E-state index < -0.39 is 0 Å². The van der Waals surface area contributed by atoms with Crippen LogP contribution in [0.3, 0.4) is 0 Å². The lowest BCUT2D eigenvalue weighted by Gasteiger charge is -2.25. The zero-order valence-electron chi connectivity index (χ0n) is 8.69. The zero-order valence-corrected chi connectivity index (χ0v) is 8.69. The van der Waals surface area contributed by atoms with Gasteiger partial charge in [0.05, 0.1) is 6.10 Å². The largest absolute Gasteiger partial charge is 0.390 e. The molecule has 2 unspecified atom stereocenters. The van der Waals surface area contributed by atoms with Crippen LogP contribution in [-0.2, 0) is 13.1 Å². The molecule has 1 aromatic rings. The smallest absolute Gasteiger partial charge is 0.0832 e. The maximum atomic E-state index is 9.82. The van der Waals surface area contributed by atoms with E-state index in [2.05, 4.69) is 34.5 Å². The van der Waals surface area contributed by atoms with Gasteiger partial charge in [0, 0.05) is 32.2 Å². The van der Waals surface area contributed by atoms with Crippen LogP contribution >= 0.6 is 0 Å². The lowest BCUT2D eigenvalue weighted by atomic mass is 10.1. The molecule has 3 nitrogen and oxygen atoms in total. The minimum absolute atomic E-state index is 0.209. The summed E-state index contributed by atoms with van der Waals surface area (Å²) in [5, 5.41) is 13.1. The zero-order chi connectivity index (χ0) is 10.3. The molecule has 0 amide bonds. The first-order valence-corrected chi connectivity index (χ1v) is 5.54. The highest BCUT2D eigenvalue weighted by Gasteiger charge is 2.33. The Labute approximate surface area is 89.7 Å². The number of β-amino-alcohol motifs (C(OH)–C–C–N with tert-alkyl or cyclic N) is 1. The second-order valence-corrected chi connectivity index (χ2v) is 4.47. The highest BCUT2D eigenvalue weighted by Crippen LogP contribution is 2.25. The second-order valence-electron chi connectivity index (χ2n) is 4.47. The first-order valence-electron chi connectivity index (χ1n) is 5.54. The van der Waals surface area contributed by atoms with Gasteiger partial charge in [-0.05, 0) is 11.1 Å². The van der Waals surface area contributed by atoms with Gasteiger partial charge in [0.1, 0.15) is 0 Å². The van der Waals surface area contributed by atoms with Gasteiger partial charge >= 0.3 is 0 Å². The lowest BCUT2D eigenvalue weighted by Crippen LogP contribution is -2.39. The number of benzene rings is 1. The van der Waals surface area contributed by atoms with Crippen LogP contribution in [-0.4, -0.2) is 35.2 Å². The number of fused-ring (bicyclic) bond motifs is 1. The van der Waals surface area contributed by atoms with Gasteiger partial charge in [-0.1, -0.05) is 24.3 Å². The van der Waals surface area contributed by atoms with Crippen molar-refractivity contribution >= 4 is 0 Å². The SMILES string of the molecule is OC1CNCC1N1Cc2ccccc2C1. The molecule has 2 aliphatic rings. The highest BCUT2D eigenvalue weighted by molar-refractivity contribution is 5.30. The van der Waals surface area contributed by atoms with Gasteiger partial charge in [0.2, 0.25) is 0 Å². The molecule has 0 radical (unpaired) electrons. The van der Waals surface area contributed by atoms with Gasteiger partial charge < -0.3 is 10.4 Å². The molecule has 0 aromatic heterocycles. The van der Waals surface area contributed by atoms with Crippen molar-refractivity contribution in [1.29, 1.82) is 0 Å². The third kappa shape index (κ3) is 1.57. The van der Waals surface area contributed by atoms with E-state index >= 15 is 0 Å². The van der Waals surface area contributed by atoms with Gasteiger partial charge in [-0.25, -0.2) is 0 Å². The molecular weight excluding hydrogens is 188 g/mol. The molecular formula is C12H16N2O. The van der Waals surface area contributed by atoms with Crippen molar-refractivity contribution in [3.05, 3.63) is 35.4 Å². The van der Waals surface area contributed by atoms with Crippen molar-refractivity contribution in [3.63, 3.8) is 0 Å². The molecule has 2 heterocycles. The maximum Gasteiger partial charge on any atom is 0.0832 e. The van der Waals surface area contributed by atoms with Crippen LogP contribution in [0.25, 0.3) is 0 Å². The summed E-state index contributed by atoms with van der Waals surface area (Å²) in [5.74, 6) is 0. The highest BCUT2D eigenvalue weighted by atomic mass is 16.3. The summed E-state index contributed by atoms with van der Waals surface area (Å²) in [6.07, 6.45) is -0.209. The fraction of sp³-hybridized carbons (Fsp3) is 0.500. The molecule has 1 fully saturated rings. The minimum Gasteiger partial charge on any atom is -0.390 e. The summed E-state index contributed by atoms with van der Waals surface area (Å²) in [4.78, 5) is 2.37. The number of hydrogen-bond acceptors (Lipinski definition) is 3. The predicted molar refractivity (Wildman–Crippen MR) is 58.4 cm³/mol. The Morgan fingerprint density at radius 3 is 2.33 bits per heavy atom. The van der Waals surface area contributed by atoms with Gasteiger partial charge in [-0.3, -0.25) is 4.90 Å². The monoisotopic (exact) mass is 204 g/mol. The Kier molecular flexibility index (Phi) is 2.24. The fourth-order valence-electron chi connectivity index (χ4n) is 2.62. The molecule has 2 aliphatic heterocycles. The predicted octanol–water partition coefficient (Wildman–Crippen LogP) is 0.335. The molecule has 2 atom stereocenters. The van der Waals surface area contributed by atoms with Gasteiger partial charge in [-0.15, -0.1) is 0 Å². The van der Waals surface area contributed by atoms with E-state index in [1.165, 1.54) is 11.1 Å². The molecule has 2 N–H and O–H groups in total. The van der Waals surface area contributed by atoms with Crippen LogP contribution in [0.4, 0.5) is 0 Å². The maximum absolute atomic E-state index is 9.82. The molecule has 0 saturated carbocycles. The topological polar surface area (TPSA) is 35.5 Å². The molecule has 0 spiro atoms. The molecule has 0 aliphatic carbocycles. The van der Waals surface area contributed by atoms with Gasteiger partial charge in [0.25, 0.3) is 0 Å². The van der Waals surface area contributed by atoms with E-state index in [0.717, 1.165) is 26.2 Å². The first-order chi connectivity index (χ1) is 7.34. The summed E-state index contributed by atoms with van der Waals surface area (Å²) < 4.78 is 0. The number of aliphatic hydroxyl groups is 1. The summed E-state index contributed by atoms with van der Waals surface area (Å²) >= 11 is 0. The quantitative estimate of drug-likeness (QED) is 0.692. The Bertz CT molecular complexity index is 341. The lowest BCUT2D eigenvalue weighted by molar-refractivity contribution is 0.0815. The van der Waals surface area contributed by atoms with Crippen molar-refractivity contribution in [2.45, 2.75) is 25.2 Å². The summed E-state index contributed by atoms with van der Waals surface area (Å²) in [6.45, 7) is 3.62. The van der Waals surface area contributed by atoms with Crippen LogP contribution in [0.5, 0.6) is 0 Å². The molecule has 0 bridgehead atoms. The first kappa shape index (κ1) is 9.33. The van der Waals surface area contributed by atoms with E-state index in [0.29, 0.717) is 0 Å². The number of hydrogen-bond donors (Lipinski definition) is 2. The van der Waals surface area contributed by atoms with Gasteiger partial charge in [0.15, 0.2) is 0 Å². The van der Waals surface area contributed by atoms with E-state index in [-0.39, 0.29) is 12.1 Å². The van der Waals surface area contributed by atoms with Crippen LogP contribution in [0.2, 0.25) is 0 Å². The molecule has 3 heteroatoms. The average Bonchev–Trinajstić information content (AvgIpc) is 2.82. The van der Waals surface area contributed by atoms with Crippen molar-refractivity contribution in [2.75, 3.05) is 13.1 Å². The number of nitrogens with one attached hydrogen (secondary N) is 1. The third-order valence-corrected chi connectivity index (χ3v) is 3.49. The Balaban J connectivity index is 1.78. The summed E-state index contributed by atoms with van der Waals surface area (Å²) in [5.41, 5.74) is 2.83.